The Kier molecular flexibility index (Phi) is 3.41. The molecule has 0 unspecified atom stereocenters. The molecule has 1 N–H and O–H groups in total. The van der Waals surface area contributed by atoms with Crippen LogP contribution in [-0.4, -0.2) is 28.6 Å². The van der Waals surface area contributed by atoms with Gasteiger partial charge in [-0.1, -0.05) is 0 Å². The highest BCUT2D eigenvalue weighted by Gasteiger charge is 2.24. The van der Waals surface area contributed by atoms with Gasteiger partial charge in [0.2, 0.25) is 0 Å². The predicted molar refractivity (Wildman–Crippen MR) is 52.0 cm³/mol. The van der Waals surface area contributed by atoms with Crippen molar-refractivity contribution in [2.24, 2.45) is 0 Å². The molecule has 0 saturated carbocycles. The summed E-state index contributed by atoms with van der Waals surface area (Å²) < 4.78 is 30.0. The first kappa shape index (κ1) is 12.4. The molecule has 0 fully saturated rings. The molecule has 0 spiro atoms. The summed E-state index contributed by atoms with van der Waals surface area (Å²) in [5, 5.41) is 8.79. The third-order valence-electron chi connectivity index (χ3n) is 1.77. The second kappa shape index (κ2) is 4.42. The zero-order valence-electron chi connectivity index (χ0n) is 8.83. The van der Waals surface area contributed by atoms with Crippen molar-refractivity contribution in [3.63, 3.8) is 0 Å². The standard InChI is InChI=1S/C10H11F2NO3/c1-6-3-4-13-7(9(14)15)8(6)16-5-10(2,11)12/h3-4H,5H2,1-2H3,(H,14,15). The van der Waals surface area contributed by atoms with Crippen LogP contribution >= 0.6 is 0 Å². The van der Waals surface area contributed by atoms with Gasteiger partial charge >= 0.3 is 5.97 Å². The molecule has 1 heterocycles. The fraction of sp³-hybridized carbons (Fsp3) is 0.400. The molecule has 0 atom stereocenters. The van der Waals surface area contributed by atoms with Gasteiger partial charge in [-0.25, -0.2) is 18.6 Å². The summed E-state index contributed by atoms with van der Waals surface area (Å²) in [6, 6.07) is 1.50. The molecule has 0 amide bonds. The number of aromatic nitrogens is 1. The zero-order chi connectivity index (χ0) is 12.3. The van der Waals surface area contributed by atoms with Gasteiger partial charge in [-0.2, -0.15) is 0 Å². The van der Waals surface area contributed by atoms with Crippen LogP contribution in [0.3, 0.4) is 0 Å². The van der Waals surface area contributed by atoms with Gasteiger partial charge in [0.05, 0.1) is 0 Å². The Morgan fingerprint density at radius 2 is 2.25 bits per heavy atom. The van der Waals surface area contributed by atoms with Crippen LogP contribution in [-0.2, 0) is 0 Å². The summed E-state index contributed by atoms with van der Waals surface area (Å²) in [5.74, 6) is -4.44. The summed E-state index contributed by atoms with van der Waals surface area (Å²) in [7, 11) is 0. The minimum absolute atomic E-state index is 0.114. The van der Waals surface area contributed by atoms with Crippen molar-refractivity contribution in [2.75, 3.05) is 6.61 Å². The Hall–Kier alpha value is -1.72. The van der Waals surface area contributed by atoms with Crippen LogP contribution in [0.15, 0.2) is 12.3 Å². The van der Waals surface area contributed by atoms with Crippen molar-refractivity contribution in [2.45, 2.75) is 19.8 Å². The van der Waals surface area contributed by atoms with Crippen LogP contribution in [0.5, 0.6) is 5.75 Å². The van der Waals surface area contributed by atoms with Crippen LogP contribution in [0, 0.1) is 6.92 Å². The molecule has 0 aromatic carbocycles. The van der Waals surface area contributed by atoms with Gasteiger partial charge in [0.25, 0.3) is 5.92 Å². The van der Waals surface area contributed by atoms with Crippen LogP contribution in [0.1, 0.15) is 23.0 Å². The average molecular weight is 231 g/mol. The lowest BCUT2D eigenvalue weighted by atomic mass is 10.2. The number of carboxylic acids is 1. The van der Waals surface area contributed by atoms with E-state index in [4.69, 9.17) is 9.84 Å². The molecule has 88 valence electrons. The Morgan fingerprint density at radius 1 is 1.62 bits per heavy atom. The molecule has 6 heteroatoms. The van der Waals surface area contributed by atoms with Crippen molar-refractivity contribution >= 4 is 5.97 Å². The number of carbonyl (C=O) groups is 1. The van der Waals surface area contributed by atoms with Crippen molar-refractivity contribution < 1.29 is 23.4 Å². The molecule has 4 nitrogen and oxygen atoms in total. The Labute approximate surface area is 90.9 Å². The van der Waals surface area contributed by atoms with Gasteiger partial charge in [-0.3, -0.25) is 0 Å². The van der Waals surface area contributed by atoms with Gasteiger partial charge in [0, 0.05) is 13.1 Å². The highest BCUT2D eigenvalue weighted by molar-refractivity contribution is 5.89. The monoisotopic (exact) mass is 231 g/mol. The topological polar surface area (TPSA) is 59.4 Å². The molecular formula is C10H11F2NO3. The summed E-state index contributed by atoms with van der Waals surface area (Å²) in [4.78, 5) is 14.3. The lowest BCUT2D eigenvalue weighted by molar-refractivity contribution is -0.0236. The average Bonchev–Trinajstić information content (AvgIpc) is 2.13. The highest BCUT2D eigenvalue weighted by Crippen LogP contribution is 2.23. The summed E-state index contributed by atoms with van der Waals surface area (Å²) in [6.07, 6.45) is 1.29. The molecule has 16 heavy (non-hydrogen) atoms. The molecule has 0 saturated heterocycles. The van der Waals surface area contributed by atoms with Crippen molar-refractivity contribution in [3.8, 4) is 5.75 Å². The maximum atomic E-state index is 12.6. The van der Waals surface area contributed by atoms with Gasteiger partial charge in [0.1, 0.15) is 0 Å². The molecule has 0 aliphatic carbocycles. The first-order chi connectivity index (χ1) is 7.31. The van der Waals surface area contributed by atoms with Gasteiger partial charge in [0.15, 0.2) is 18.1 Å². The number of aromatic carboxylic acids is 1. The van der Waals surface area contributed by atoms with Crippen LogP contribution < -0.4 is 4.74 Å². The largest absolute Gasteiger partial charge is 0.484 e. The summed E-state index contributed by atoms with van der Waals surface area (Å²) in [6.45, 7) is 1.39. The Balaban J connectivity index is 2.98. The number of nitrogens with zero attached hydrogens (tertiary/aromatic N) is 1. The number of hydrogen-bond acceptors (Lipinski definition) is 3. The van der Waals surface area contributed by atoms with E-state index in [0.29, 0.717) is 12.5 Å². The number of ether oxygens (including phenoxy) is 1. The number of hydrogen-bond donors (Lipinski definition) is 1. The number of rotatable bonds is 4. The summed E-state index contributed by atoms with van der Waals surface area (Å²) in [5.41, 5.74) is 0.0981. The van der Waals surface area contributed by atoms with Crippen LogP contribution in [0.25, 0.3) is 0 Å². The highest BCUT2D eigenvalue weighted by atomic mass is 19.3. The number of halogens is 2. The maximum Gasteiger partial charge on any atom is 0.358 e. The van der Waals surface area contributed by atoms with E-state index in [1.807, 2.05) is 0 Å². The molecule has 0 aliphatic heterocycles. The van der Waals surface area contributed by atoms with Gasteiger partial charge in [-0.05, 0) is 18.6 Å². The quantitative estimate of drug-likeness (QED) is 0.862. The van der Waals surface area contributed by atoms with Crippen LogP contribution in [0.4, 0.5) is 8.78 Å². The second-order valence-electron chi connectivity index (χ2n) is 3.47. The van der Waals surface area contributed by atoms with Gasteiger partial charge in [-0.15, -0.1) is 0 Å². The Morgan fingerprint density at radius 3 is 2.75 bits per heavy atom. The maximum absolute atomic E-state index is 12.6. The fourth-order valence-electron chi connectivity index (χ4n) is 1.08. The molecule has 1 aromatic rings. The van der Waals surface area contributed by atoms with Gasteiger partial charge < -0.3 is 9.84 Å². The predicted octanol–water partition coefficient (Wildman–Crippen LogP) is 2.12. The first-order valence-electron chi connectivity index (χ1n) is 4.51. The normalized spacial score (nSPS) is 11.2. The fourth-order valence-corrected chi connectivity index (χ4v) is 1.08. The van der Waals surface area contributed by atoms with Crippen molar-refractivity contribution in [1.29, 1.82) is 0 Å². The van der Waals surface area contributed by atoms with E-state index in [1.54, 1.807) is 6.92 Å². The number of alkyl halides is 2. The Bertz CT molecular complexity index is 402. The van der Waals surface area contributed by atoms with E-state index in [-0.39, 0.29) is 11.4 Å². The van der Waals surface area contributed by atoms with E-state index in [1.165, 1.54) is 12.3 Å². The molecule has 1 rings (SSSR count). The zero-order valence-corrected chi connectivity index (χ0v) is 8.83. The molecule has 0 aliphatic rings. The minimum Gasteiger partial charge on any atom is -0.484 e. The number of pyridine rings is 1. The van der Waals surface area contributed by atoms with E-state index >= 15 is 0 Å². The lowest BCUT2D eigenvalue weighted by Crippen LogP contribution is -2.22. The molecular weight excluding hydrogens is 220 g/mol. The smallest absolute Gasteiger partial charge is 0.358 e. The third kappa shape index (κ3) is 3.15. The van der Waals surface area contributed by atoms with E-state index in [9.17, 15) is 13.6 Å². The minimum atomic E-state index is -3.02. The third-order valence-corrected chi connectivity index (χ3v) is 1.77. The van der Waals surface area contributed by atoms with E-state index in [2.05, 4.69) is 4.98 Å². The summed E-state index contributed by atoms with van der Waals surface area (Å²) >= 11 is 0. The molecule has 0 radical (unpaired) electrons. The number of carboxylic acid groups (broad SMARTS) is 1. The molecule has 0 bridgehead atoms. The lowest BCUT2D eigenvalue weighted by Gasteiger charge is -2.14. The SMILES string of the molecule is Cc1ccnc(C(=O)O)c1OCC(C)(F)F. The molecule has 1 aromatic heterocycles. The van der Waals surface area contributed by atoms with E-state index in [0.717, 1.165) is 0 Å². The second-order valence-corrected chi connectivity index (χ2v) is 3.47. The first-order valence-corrected chi connectivity index (χ1v) is 4.51. The van der Waals surface area contributed by atoms with Crippen molar-refractivity contribution in [1.82, 2.24) is 4.98 Å². The van der Waals surface area contributed by atoms with Crippen molar-refractivity contribution in [3.05, 3.63) is 23.5 Å². The van der Waals surface area contributed by atoms with Crippen LogP contribution in [0.2, 0.25) is 0 Å². The van der Waals surface area contributed by atoms with E-state index < -0.39 is 18.5 Å². The number of aryl methyl sites for hydroxylation is 1.